The van der Waals surface area contributed by atoms with Crippen LogP contribution in [-0.4, -0.2) is 34.9 Å². The third-order valence-corrected chi connectivity index (χ3v) is 3.22. The van der Waals surface area contributed by atoms with E-state index in [1.807, 2.05) is 25.4 Å². The van der Waals surface area contributed by atoms with Gasteiger partial charge in [0.25, 0.3) is 0 Å². The van der Waals surface area contributed by atoms with Crippen molar-refractivity contribution in [2.75, 3.05) is 19.8 Å². The predicted molar refractivity (Wildman–Crippen MR) is 72.2 cm³/mol. The molecule has 1 heterocycles. The second-order valence-electron chi connectivity index (χ2n) is 3.21. The molecule has 0 atom stereocenters. The van der Waals surface area contributed by atoms with Crippen molar-refractivity contribution in [2.45, 2.75) is 13.5 Å². The molecular formula is C11H16ClN3S. The van der Waals surface area contributed by atoms with Gasteiger partial charge in [0.15, 0.2) is 5.17 Å². The summed E-state index contributed by atoms with van der Waals surface area (Å²) in [5.74, 6) is 0. The van der Waals surface area contributed by atoms with Crippen molar-refractivity contribution >= 4 is 28.5 Å². The lowest BCUT2D eigenvalue weighted by atomic mass is 10.3. The van der Waals surface area contributed by atoms with E-state index >= 15 is 0 Å². The number of hydrogen-bond acceptors (Lipinski definition) is 3. The first-order chi connectivity index (χ1) is 7.71. The van der Waals surface area contributed by atoms with Crippen molar-refractivity contribution in [1.82, 2.24) is 9.88 Å². The van der Waals surface area contributed by atoms with Crippen LogP contribution in [0.1, 0.15) is 12.5 Å². The number of thioether (sulfide) groups is 1. The maximum atomic E-state index is 5.75. The Hall–Kier alpha value is -0.740. The second kappa shape index (κ2) is 6.76. The molecule has 88 valence electrons. The number of pyridine rings is 1. The molecule has 5 heteroatoms. The summed E-state index contributed by atoms with van der Waals surface area (Å²) in [5, 5.41) is 1.57. The van der Waals surface area contributed by atoms with Crippen LogP contribution in [0.4, 0.5) is 0 Å². The van der Waals surface area contributed by atoms with Crippen molar-refractivity contribution in [2.24, 2.45) is 4.99 Å². The summed E-state index contributed by atoms with van der Waals surface area (Å²) in [5.41, 5.74) is 1.14. The average molecular weight is 258 g/mol. The maximum absolute atomic E-state index is 5.75. The summed E-state index contributed by atoms with van der Waals surface area (Å²) >= 11 is 7.40. The lowest BCUT2D eigenvalue weighted by molar-refractivity contribution is 0.443. The first kappa shape index (κ1) is 13.3. The predicted octanol–water partition coefficient (Wildman–Crippen LogP) is 2.91. The van der Waals surface area contributed by atoms with Crippen molar-refractivity contribution < 1.29 is 0 Å². The fourth-order valence-electron chi connectivity index (χ4n) is 1.40. The minimum atomic E-state index is 0.529. The topological polar surface area (TPSA) is 28.5 Å². The first-order valence-corrected chi connectivity index (χ1v) is 6.67. The highest BCUT2D eigenvalue weighted by atomic mass is 35.5. The third-order valence-electron chi connectivity index (χ3n) is 2.19. The Morgan fingerprint density at radius 3 is 2.75 bits per heavy atom. The normalized spacial score (nSPS) is 11.6. The summed E-state index contributed by atoms with van der Waals surface area (Å²) in [7, 11) is 1.81. The van der Waals surface area contributed by atoms with Gasteiger partial charge < -0.3 is 4.90 Å². The van der Waals surface area contributed by atoms with Gasteiger partial charge in [-0.05, 0) is 24.8 Å². The van der Waals surface area contributed by atoms with Crippen LogP contribution in [0.2, 0.25) is 5.15 Å². The quantitative estimate of drug-likeness (QED) is 0.474. The minimum absolute atomic E-state index is 0.529. The van der Waals surface area contributed by atoms with E-state index in [0.717, 1.165) is 23.8 Å². The zero-order chi connectivity index (χ0) is 12.0. The Morgan fingerprint density at radius 2 is 2.31 bits per heavy atom. The van der Waals surface area contributed by atoms with E-state index in [0.29, 0.717) is 5.15 Å². The molecular weight excluding hydrogens is 242 g/mol. The zero-order valence-electron chi connectivity index (χ0n) is 9.77. The number of amidine groups is 1. The number of aliphatic imine (C=N–C) groups is 1. The monoisotopic (exact) mass is 257 g/mol. The molecule has 1 rings (SSSR count). The molecule has 0 saturated heterocycles. The molecule has 16 heavy (non-hydrogen) atoms. The smallest absolute Gasteiger partial charge is 0.158 e. The molecule has 0 amide bonds. The number of halogens is 1. The van der Waals surface area contributed by atoms with Gasteiger partial charge in [-0.3, -0.25) is 4.99 Å². The molecule has 0 fully saturated rings. The second-order valence-corrected chi connectivity index (χ2v) is 4.37. The zero-order valence-corrected chi connectivity index (χ0v) is 11.3. The highest BCUT2D eigenvalue weighted by molar-refractivity contribution is 8.13. The SMILES string of the molecule is CCN(Cc1ccc(Cl)nc1)C(=NC)SC. The summed E-state index contributed by atoms with van der Waals surface area (Å²) in [6.07, 6.45) is 3.84. The Kier molecular flexibility index (Phi) is 5.63. The van der Waals surface area contributed by atoms with Crippen molar-refractivity contribution in [3.63, 3.8) is 0 Å². The van der Waals surface area contributed by atoms with E-state index in [1.165, 1.54) is 0 Å². The van der Waals surface area contributed by atoms with Gasteiger partial charge in [-0.15, -0.1) is 0 Å². The van der Waals surface area contributed by atoms with Crippen LogP contribution in [0.5, 0.6) is 0 Å². The molecule has 0 radical (unpaired) electrons. The lowest BCUT2D eigenvalue weighted by Crippen LogP contribution is -2.27. The molecule has 0 aliphatic carbocycles. The Labute approximate surface area is 106 Å². The molecule has 0 N–H and O–H groups in total. The highest BCUT2D eigenvalue weighted by Crippen LogP contribution is 2.11. The molecule has 0 spiro atoms. The van der Waals surface area contributed by atoms with Gasteiger partial charge in [0.05, 0.1) is 0 Å². The van der Waals surface area contributed by atoms with Crippen molar-refractivity contribution in [3.8, 4) is 0 Å². The molecule has 0 aromatic carbocycles. The first-order valence-electron chi connectivity index (χ1n) is 5.07. The summed E-state index contributed by atoms with van der Waals surface area (Å²) in [6, 6.07) is 3.80. The van der Waals surface area contributed by atoms with Crippen LogP contribution in [-0.2, 0) is 6.54 Å². The summed E-state index contributed by atoms with van der Waals surface area (Å²) in [6.45, 7) is 3.86. The van der Waals surface area contributed by atoms with Gasteiger partial charge in [-0.25, -0.2) is 4.98 Å². The molecule has 1 aromatic rings. The third kappa shape index (κ3) is 3.68. The van der Waals surface area contributed by atoms with Crippen molar-refractivity contribution in [1.29, 1.82) is 0 Å². The maximum Gasteiger partial charge on any atom is 0.158 e. The van der Waals surface area contributed by atoms with Crippen LogP contribution in [0.25, 0.3) is 0 Å². The van der Waals surface area contributed by atoms with Gasteiger partial charge in [0.1, 0.15) is 5.15 Å². The Morgan fingerprint density at radius 1 is 1.56 bits per heavy atom. The molecule has 0 aliphatic rings. The number of rotatable bonds is 3. The van der Waals surface area contributed by atoms with E-state index < -0.39 is 0 Å². The van der Waals surface area contributed by atoms with Crippen LogP contribution in [0.15, 0.2) is 23.3 Å². The minimum Gasteiger partial charge on any atom is -0.347 e. The van der Waals surface area contributed by atoms with Gasteiger partial charge in [0.2, 0.25) is 0 Å². The Balaban J connectivity index is 2.73. The molecule has 1 aromatic heterocycles. The van der Waals surface area contributed by atoms with Crippen LogP contribution in [0, 0.1) is 0 Å². The number of hydrogen-bond donors (Lipinski definition) is 0. The number of aromatic nitrogens is 1. The summed E-state index contributed by atoms with van der Waals surface area (Å²) in [4.78, 5) is 10.5. The molecule has 0 bridgehead atoms. The van der Waals surface area contributed by atoms with Crippen molar-refractivity contribution in [3.05, 3.63) is 29.0 Å². The van der Waals surface area contributed by atoms with E-state index in [1.54, 1.807) is 18.0 Å². The standard InChI is InChI=1S/C11H16ClN3S/c1-4-15(11(13-2)16-3)8-9-5-6-10(12)14-7-9/h5-7H,4,8H2,1-3H3. The fraction of sp³-hybridized carbons (Fsp3) is 0.455. The molecule has 3 nitrogen and oxygen atoms in total. The largest absolute Gasteiger partial charge is 0.347 e. The van der Waals surface area contributed by atoms with Gasteiger partial charge >= 0.3 is 0 Å². The summed E-state index contributed by atoms with van der Waals surface area (Å²) < 4.78 is 0. The Bertz CT molecular complexity index is 351. The van der Waals surface area contributed by atoms with Crippen LogP contribution in [0.3, 0.4) is 0 Å². The van der Waals surface area contributed by atoms with E-state index in [9.17, 15) is 0 Å². The van der Waals surface area contributed by atoms with Crippen LogP contribution >= 0.6 is 23.4 Å². The van der Waals surface area contributed by atoms with E-state index in [-0.39, 0.29) is 0 Å². The van der Waals surface area contributed by atoms with Crippen LogP contribution < -0.4 is 0 Å². The average Bonchev–Trinajstić information content (AvgIpc) is 2.32. The number of nitrogens with zero attached hydrogens (tertiary/aromatic N) is 3. The van der Waals surface area contributed by atoms with Gasteiger partial charge in [0, 0.05) is 26.3 Å². The van der Waals surface area contributed by atoms with Gasteiger partial charge in [-0.2, -0.15) is 0 Å². The molecule has 0 saturated carbocycles. The van der Waals surface area contributed by atoms with Gasteiger partial charge in [-0.1, -0.05) is 29.4 Å². The molecule has 0 unspecified atom stereocenters. The molecule has 0 aliphatic heterocycles. The van der Waals surface area contributed by atoms with E-state index in [4.69, 9.17) is 11.6 Å². The van der Waals surface area contributed by atoms with E-state index in [2.05, 4.69) is 21.8 Å². The fourth-order valence-corrected chi connectivity index (χ4v) is 2.14. The highest BCUT2D eigenvalue weighted by Gasteiger charge is 2.08. The lowest BCUT2D eigenvalue weighted by Gasteiger charge is -2.22.